The molecule has 0 bridgehead atoms. The average molecular weight is 175 g/mol. The number of hydrogen-bond acceptors (Lipinski definition) is 4. The zero-order chi connectivity index (χ0) is 8.43. The van der Waals surface area contributed by atoms with Crippen molar-refractivity contribution in [3.05, 3.63) is 16.8 Å². The minimum atomic E-state index is -0.609. The molecule has 11 heavy (non-hydrogen) atoms. The van der Waals surface area contributed by atoms with Crippen molar-refractivity contribution < 1.29 is 13.9 Å². The van der Waals surface area contributed by atoms with E-state index in [1.165, 1.54) is 7.11 Å². The number of methoxy groups -OCH3 is 1. The number of nitrogen functional groups attached to an aromatic ring is 1. The standard InChI is InChI=1S/C6H6FNO2S/c1-10-6(9)3-2-4(7)11-5(3)8/h2H,8H2,1H3. The fourth-order valence-electron chi connectivity index (χ4n) is 0.644. The van der Waals surface area contributed by atoms with Crippen LogP contribution in [0.25, 0.3) is 0 Å². The molecule has 60 valence electrons. The van der Waals surface area contributed by atoms with Gasteiger partial charge in [0.25, 0.3) is 0 Å². The molecule has 0 spiro atoms. The molecule has 0 saturated carbocycles. The molecule has 0 aliphatic heterocycles. The highest BCUT2D eigenvalue weighted by Gasteiger charge is 2.13. The first-order chi connectivity index (χ1) is 5.15. The van der Waals surface area contributed by atoms with Gasteiger partial charge in [0.1, 0.15) is 5.00 Å². The van der Waals surface area contributed by atoms with Gasteiger partial charge in [0.15, 0.2) is 5.13 Å². The number of anilines is 1. The van der Waals surface area contributed by atoms with Gasteiger partial charge in [-0.1, -0.05) is 11.3 Å². The highest BCUT2D eigenvalue weighted by molar-refractivity contribution is 7.14. The molecular weight excluding hydrogens is 169 g/mol. The Labute approximate surface area is 66.6 Å². The second-order valence-corrected chi connectivity index (χ2v) is 2.85. The second-order valence-electron chi connectivity index (χ2n) is 1.82. The molecule has 2 N–H and O–H groups in total. The van der Waals surface area contributed by atoms with Crippen LogP contribution in [0.15, 0.2) is 6.07 Å². The van der Waals surface area contributed by atoms with E-state index in [-0.39, 0.29) is 10.6 Å². The van der Waals surface area contributed by atoms with E-state index in [2.05, 4.69) is 4.74 Å². The number of carbonyl (C=O) groups is 1. The zero-order valence-corrected chi connectivity index (χ0v) is 6.57. The van der Waals surface area contributed by atoms with Gasteiger partial charge in [0.2, 0.25) is 0 Å². The van der Waals surface area contributed by atoms with Gasteiger partial charge < -0.3 is 10.5 Å². The molecule has 0 atom stereocenters. The summed E-state index contributed by atoms with van der Waals surface area (Å²) in [7, 11) is 1.22. The van der Waals surface area contributed by atoms with Crippen molar-refractivity contribution >= 4 is 22.3 Å². The van der Waals surface area contributed by atoms with Crippen LogP contribution in [-0.2, 0) is 4.74 Å². The van der Waals surface area contributed by atoms with E-state index in [0.717, 1.165) is 17.4 Å². The van der Waals surface area contributed by atoms with E-state index < -0.39 is 11.1 Å². The van der Waals surface area contributed by atoms with Gasteiger partial charge in [-0.05, 0) is 0 Å². The highest BCUT2D eigenvalue weighted by atomic mass is 32.1. The van der Waals surface area contributed by atoms with E-state index in [0.29, 0.717) is 0 Å². The summed E-state index contributed by atoms with van der Waals surface area (Å²) in [6.45, 7) is 0. The van der Waals surface area contributed by atoms with E-state index >= 15 is 0 Å². The summed E-state index contributed by atoms with van der Waals surface area (Å²) in [6, 6.07) is 1.06. The third kappa shape index (κ3) is 1.48. The van der Waals surface area contributed by atoms with Gasteiger partial charge in [-0.3, -0.25) is 0 Å². The molecule has 5 heteroatoms. The molecule has 1 heterocycles. The van der Waals surface area contributed by atoms with Crippen molar-refractivity contribution in [2.24, 2.45) is 0 Å². The predicted molar refractivity (Wildman–Crippen MR) is 40.0 cm³/mol. The van der Waals surface area contributed by atoms with E-state index in [4.69, 9.17) is 5.73 Å². The minimum Gasteiger partial charge on any atom is -0.465 e. The van der Waals surface area contributed by atoms with Crippen LogP contribution in [-0.4, -0.2) is 13.1 Å². The van der Waals surface area contributed by atoms with Crippen molar-refractivity contribution in [1.29, 1.82) is 0 Å². The highest BCUT2D eigenvalue weighted by Crippen LogP contribution is 2.23. The molecule has 3 nitrogen and oxygen atoms in total. The fourth-order valence-corrected chi connectivity index (χ4v) is 1.28. The Kier molecular flexibility index (Phi) is 2.09. The summed E-state index contributed by atoms with van der Waals surface area (Å²) in [5.74, 6) is -0.609. The van der Waals surface area contributed by atoms with Crippen LogP contribution in [0.2, 0.25) is 0 Å². The Morgan fingerprint density at radius 3 is 2.82 bits per heavy atom. The summed E-state index contributed by atoms with van der Waals surface area (Å²) < 4.78 is 16.8. The number of hydrogen-bond donors (Lipinski definition) is 1. The molecule has 0 aliphatic carbocycles. The molecule has 0 aliphatic rings. The summed E-state index contributed by atoms with van der Waals surface area (Å²) in [5, 5.41) is -0.336. The summed E-state index contributed by atoms with van der Waals surface area (Å²) >= 11 is 0.723. The molecule has 0 unspecified atom stereocenters. The number of rotatable bonds is 1. The molecule has 1 rings (SSSR count). The Morgan fingerprint density at radius 2 is 2.45 bits per heavy atom. The number of halogens is 1. The Morgan fingerprint density at radius 1 is 1.82 bits per heavy atom. The minimum absolute atomic E-state index is 0.0926. The van der Waals surface area contributed by atoms with Crippen LogP contribution >= 0.6 is 11.3 Å². The van der Waals surface area contributed by atoms with Crippen molar-refractivity contribution in [2.75, 3.05) is 12.8 Å². The first kappa shape index (κ1) is 8.00. The summed E-state index contributed by atoms with van der Waals surface area (Å²) in [6.07, 6.45) is 0. The second kappa shape index (κ2) is 2.87. The van der Waals surface area contributed by atoms with Gasteiger partial charge in [-0.2, -0.15) is 4.39 Å². The normalized spacial score (nSPS) is 9.64. The maximum Gasteiger partial charge on any atom is 0.340 e. The van der Waals surface area contributed by atoms with Gasteiger partial charge in [-0.15, -0.1) is 0 Å². The molecule has 1 aromatic rings. The summed E-state index contributed by atoms with van der Waals surface area (Å²) in [5.41, 5.74) is 5.39. The topological polar surface area (TPSA) is 52.3 Å². The molecule has 1 aromatic heterocycles. The van der Waals surface area contributed by atoms with Crippen molar-refractivity contribution in [3.63, 3.8) is 0 Å². The number of carbonyl (C=O) groups excluding carboxylic acids is 1. The van der Waals surface area contributed by atoms with Crippen LogP contribution in [0.5, 0.6) is 0 Å². The lowest BCUT2D eigenvalue weighted by Crippen LogP contribution is -2.01. The van der Waals surface area contributed by atoms with Crippen LogP contribution in [0.3, 0.4) is 0 Å². The SMILES string of the molecule is COC(=O)c1cc(F)sc1N. The monoisotopic (exact) mass is 175 g/mol. The third-order valence-electron chi connectivity index (χ3n) is 1.14. The molecular formula is C6H6FNO2S. The van der Waals surface area contributed by atoms with Crippen molar-refractivity contribution in [1.82, 2.24) is 0 Å². The van der Waals surface area contributed by atoms with Crippen molar-refractivity contribution in [3.8, 4) is 0 Å². The predicted octanol–water partition coefficient (Wildman–Crippen LogP) is 1.26. The smallest absolute Gasteiger partial charge is 0.340 e. The van der Waals surface area contributed by atoms with Gasteiger partial charge in [0.05, 0.1) is 12.7 Å². The number of ether oxygens (including phenoxy) is 1. The van der Waals surface area contributed by atoms with Gasteiger partial charge >= 0.3 is 5.97 Å². The van der Waals surface area contributed by atoms with E-state index in [1.54, 1.807) is 0 Å². The first-order valence-corrected chi connectivity index (χ1v) is 3.60. The zero-order valence-electron chi connectivity index (χ0n) is 5.76. The lowest BCUT2D eigenvalue weighted by molar-refractivity contribution is 0.0602. The third-order valence-corrected chi connectivity index (χ3v) is 1.89. The molecule has 0 fully saturated rings. The van der Waals surface area contributed by atoms with Crippen LogP contribution in [0.1, 0.15) is 10.4 Å². The number of nitrogens with two attached hydrogens (primary N) is 1. The first-order valence-electron chi connectivity index (χ1n) is 2.78. The maximum absolute atomic E-state index is 12.4. The summed E-state index contributed by atoms with van der Waals surface area (Å²) in [4.78, 5) is 10.8. The quantitative estimate of drug-likeness (QED) is 0.653. The van der Waals surface area contributed by atoms with Gasteiger partial charge in [0, 0.05) is 6.07 Å². The Bertz CT molecular complexity index is 284. The molecule has 0 aromatic carbocycles. The average Bonchev–Trinajstić information content (AvgIpc) is 2.28. The Balaban J connectivity index is 3.03. The van der Waals surface area contributed by atoms with E-state index in [9.17, 15) is 9.18 Å². The molecule has 0 amide bonds. The Hall–Kier alpha value is -1.10. The lowest BCUT2D eigenvalue weighted by Gasteiger charge is -1.94. The van der Waals surface area contributed by atoms with Gasteiger partial charge in [-0.25, -0.2) is 4.79 Å². The molecule has 0 saturated heterocycles. The van der Waals surface area contributed by atoms with Crippen LogP contribution < -0.4 is 5.73 Å². The van der Waals surface area contributed by atoms with Crippen molar-refractivity contribution in [2.45, 2.75) is 0 Å². The van der Waals surface area contributed by atoms with Crippen LogP contribution in [0.4, 0.5) is 9.39 Å². The fraction of sp³-hybridized carbons (Fsp3) is 0.167. The number of thiophene rings is 1. The van der Waals surface area contributed by atoms with E-state index in [1.807, 2.05) is 0 Å². The largest absolute Gasteiger partial charge is 0.465 e. The number of esters is 1. The maximum atomic E-state index is 12.4. The lowest BCUT2D eigenvalue weighted by atomic mass is 10.3. The molecule has 0 radical (unpaired) electrons. The van der Waals surface area contributed by atoms with Crippen LogP contribution in [0, 0.1) is 5.13 Å².